The summed E-state index contributed by atoms with van der Waals surface area (Å²) in [4.78, 5) is 27.9. The first-order valence-corrected chi connectivity index (χ1v) is 10.4. The predicted molar refractivity (Wildman–Crippen MR) is 116 cm³/mol. The summed E-state index contributed by atoms with van der Waals surface area (Å²) in [5, 5.41) is 0.747. The quantitative estimate of drug-likeness (QED) is 0.551. The molecule has 154 valence electrons. The number of halogens is 2. The van der Waals surface area contributed by atoms with Gasteiger partial charge in [0.15, 0.2) is 5.78 Å². The molecule has 0 aliphatic carbocycles. The van der Waals surface area contributed by atoms with E-state index in [0.29, 0.717) is 41.5 Å². The van der Waals surface area contributed by atoms with Crippen molar-refractivity contribution in [3.8, 4) is 0 Å². The van der Waals surface area contributed by atoms with Gasteiger partial charge in [0.25, 0.3) is 0 Å². The fourth-order valence-electron chi connectivity index (χ4n) is 3.69. The Morgan fingerprint density at radius 1 is 1.07 bits per heavy atom. The SMILES string of the molecule is CC(C)(C)OC(=O)N1CCC(Cc2ccccc2)(C(=O)c2ccc(Cl)c(Cl)c2)C1. The lowest BCUT2D eigenvalue weighted by atomic mass is 9.75. The average Bonchev–Trinajstić information content (AvgIpc) is 3.08. The Hall–Kier alpha value is -2.04. The Balaban J connectivity index is 1.92. The standard InChI is InChI=1S/C23H25Cl2NO3/c1-22(2,3)29-21(28)26-12-11-23(15-26,14-16-7-5-4-6-8-16)20(27)17-9-10-18(24)19(25)13-17/h4-10,13H,11-12,14-15H2,1-3H3. The topological polar surface area (TPSA) is 46.6 Å². The van der Waals surface area contributed by atoms with Crippen LogP contribution in [0.4, 0.5) is 4.79 Å². The number of hydrogen-bond donors (Lipinski definition) is 0. The van der Waals surface area contributed by atoms with E-state index in [0.717, 1.165) is 5.56 Å². The zero-order chi connectivity index (χ0) is 21.2. The molecule has 1 atom stereocenters. The Morgan fingerprint density at radius 2 is 1.76 bits per heavy atom. The number of likely N-dealkylation sites (tertiary alicyclic amines) is 1. The van der Waals surface area contributed by atoms with Gasteiger partial charge in [-0.3, -0.25) is 4.79 Å². The van der Waals surface area contributed by atoms with Crippen LogP contribution < -0.4 is 0 Å². The van der Waals surface area contributed by atoms with Crippen molar-refractivity contribution in [1.29, 1.82) is 0 Å². The zero-order valence-corrected chi connectivity index (χ0v) is 18.4. The van der Waals surface area contributed by atoms with Gasteiger partial charge >= 0.3 is 6.09 Å². The van der Waals surface area contributed by atoms with Crippen LogP contribution in [-0.4, -0.2) is 35.5 Å². The first kappa shape index (κ1) is 21.7. The molecule has 29 heavy (non-hydrogen) atoms. The molecule has 0 spiro atoms. The number of benzene rings is 2. The maximum Gasteiger partial charge on any atom is 0.410 e. The fraction of sp³-hybridized carbons (Fsp3) is 0.391. The third kappa shape index (κ3) is 5.12. The average molecular weight is 434 g/mol. The summed E-state index contributed by atoms with van der Waals surface area (Å²) in [5.74, 6) is -0.0361. The van der Waals surface area contributed by atoms with Gasteiger partial charge in [-0.15, -0.1) is 0 Å². The van der Waals surface area contributed by atoms with Crippen LogP contribution in [0.25, 0.3) is 0 Å². The highest BCUT2D eigenvalue weighted by Gasteiger charge is 2.47. The Morgan fingerprint density at radius 3 is 2.38 bits per heavy atom. The van der Waals surface area contributed by atoms with E-state index in [-0.39, 0.29) is 5.78 Å². The summed E-state index contributed by atoms with van der Waals surface area (Å²) < 4.78 is 5.52. The van der Waals surface area contributed by atoms with Gasteiger partial charge in [-0.1, -0.05) is 53.5 Å². The van der Waals surface area contributed by atoms with Crippen molar-refractivity contribution in [2.75, 3.05) is 13.1 Å². The monoisotopic (exact) mass is 433 g/mol. The molecular weight excluding hydrogens is 409 g/mol. The van der Waals surface area contributed by atoms with E-state index in [4.69, 9.17) is 27.9 Å². The number of ketones is 1. The second-order valence-electron chi connectivity index (χ2n) is 8.55. The highest BCUT2D eigenvalue weighted by atomic mass is 35.5. The molecule has 1 aliphatic heterocycles. The fourth-order valence-corrected chi connectivity index (χ4v) is 3.99. The van der Waals surface area contributed by atoms with Gasteiger partial charge in [-0.05, 0) is 57.4 Å². The van der Waals surface area contributed by atoms with Crippen LogP contribution in [0, 0.1) is 5.41 Å². The molecule has 1 fully saturated rings. The van der Waals surface area contributed by atoms with Crippen molar-refractivity contribution in [1.82, 2.24) is 4.90 Å². The molecule has 6 heteroatoms. The molecule has 0 aromatic heterocycles. The third-order valence-corrected chi connectivity index (χ3v) is 5.79. The van der Waals surface area contributed by atoms with Crippen molar-refractivity contribution >= 4 is 35.1 Å². The Bertz CT molecular complexity index is 908. The molecule has 2 aromatic carbocycles. The van der Waals surface area contributed by atoms with E-state index < -0.39 is 17.1 Å². The molecule has 1 aliphatic rings. The summed E-state index contributed by atoms with van der Waals surface area (Å²) in [6, 6.07) is 14.8. The van der Waals surface area contributed by atoms with Crippen LogP contribution in [0.2, 0.25) is 10.0 Å². The number of ether oxygens (including phenoxy) is 1. The maximum atomic E-state index is 13.6. The van der Waals surface area contributed by atoms with Crippen LogP contribution in [0.3, 0.4) is 0 Å². The Kier molecular flexibility index (Phi) is 6.25. The summed E-state index contributed by atoms with van der Waals surface area (Å²) in [6.07, 6.45) is 0.696. The lowest BCUT2D eigenvalue weighted by molar-refractivity contribution is 0.0274. The van der Waals surface area contributed by atoms with Crippen LogP contribution >= 0.6 is 23.2 Å². The molecule has 0 saturated carbocycles. The van der Waals surface area contributed by atoms with Crippen LogP contribution in [0.15, 0.2) is 48.5 Å². The van der Waals surface area contributed by atoms with E-state index in [1.807, 2.05) is 51.1 Å². The van der Waals surface area contributed by atoms with Crippen molar-refractivity contribution in [3.05, 3.63) is 69.7 Å². The summed E-state index contributed by atoms with van der Waals surface area (Å²) >= 11 is 12.2. The van der Waals surface area contributed by atoms with Crippen LogP contribution in [0.1, 0.15) is 43.1 Å². The number of carbonyl (C=O) groups is 2. The van der Waals surface area contributed by atoms with Crippen LogP contribution in [0.5, 0.6) is 0 Å². The number of rotatable bonds is 4. The molecule has 2 aromatic rings. The highest BCUT2D eigenvalue weighted by molar-refractivity contribution is 6.42. The molecule has 0 bridgehead atoms. The molecular formula is C23H25Cl2NO3. The highest BCUT2D eigenvalue weighted by Crippen LogP contribution is 2.39. The minimum Gasteiger partial charge on any atom is -0.444 e. The van der Waals surface area contributed by atoms with Gasteiger partial charge < -0.3 is 9.64 Å². The molecule has 1 heterocycles. The van der Waals surface area contributed by atoms with Gasteiger partial charge in [0.2, 0.25) is 0 Å². The number of nitrogens with zero attached hydrogens (tertiary/aromatic N) is 1. The van der Waals surface area contributed by atoms with E-state index in [2.05, 4.69) is 0 Å². The number of amides is 1. The van der Waals surface area contributed by atoms with Gasteiger partial charge in [-0.2, -0.15) is 0 Å². The minimum absolute atomic E-state index is 0.0361. The molecule has 3 rings (SSSR count). The first-order valence-electron chi connectivity index (χ1n) is 9.61. The molecule has 4 nitrogen and oxygen atoms in total. The van der Waals surface area contributed by atoms with Gasteiger partial charge in [0.1, 0.15) is 5.60 Å². The van der Waals surface area contributed by atoms with Crippen molar-refractivity contribution in [3.63, 3.8) is 0 Å². The lowest BCUT2D eigenvalue weighted by Crippen LogP contribution is -2.40. The number of carbonyl (C=O) groups excluding carboxylic acids is 2. The molecule has 0 radical (unpaired) electrons. The van der Waals surface area contributed by atoms with Crippen molar-refractivity contribution in [2.45, 2.75) is 39.2 Å². The molecule has 1 saturated heterocycles. The normalized spacial score (nSPS) is 19.3. The molecule has 0 N–H and O–H groups in total. The minimum atomic E-state index is -0.741. The van der Waals surface area contributed by atoms with E-state index in [1.54, 1.807) is 23.1 Å². The number of Topliss-reactive ketones (excluding diaryl/α,β-unsaturated/α-hetero) is 1. The summed E-state index contributed by atoms with van der Waals surface area (Å²) in [5.41, 5.74) is 0.221. The lowest BCUT2D eigenvalue weighted by Gasteiger charge is -2.29. The summed E-state index contributed by atoms with van der Waals surface area (Å²) in [6.45, 7) is 6.27. The largest absolute Gasteiger partial charge is 0.444 e. The smallest absolute Gasteiger partial charge is 0.410 e. The molecule has 1 unspecified atom stereocenters. The van der Waals surface area contributed by atoms with Crippen molar-refractivity contribution in [2.24, 2.45) is 5.41 Å². The van der Waals surface area contributed by atoms with Crippen LogP contribution in [-0.2, 0) is 11.2 Å². The second kappa shape index (κ2) is 8.37. The summed E-state index contributed by atoms with van der Waals surface area (Å²) in [7, 11) is 0. The number of hydrogen-bond acceptors (Lipinski definition) is 3. The first-order chi connectivity index (χ1) is 13.6. The van der Waals surface area contributed by atoms with Gasteiger partial charge in [-0.25, -0.2) is 4.79 Å². The van der Waals surface area contributed by atoms with Crippen molar-refractivity contribution < 1.29 is 14.3 Å². The zero-order valence-electron chi connectivity index (χ0n) is 16.9. The second-order valence-corrected chi connectivity index (χ2v) is 9.37. The predicted octanol–water partition coefficient (Wildman–Crippen LogP) is 6.05. The van der Waals surface area contributed by atoms with E-state index >= 15 is 0 Å². The van der Waals surface area contributed by atoms with Gasteiger partial charge in [0.05, 0.1) is 15.5 Å². The van der Waals surface area contributed by atoms with E-state index in [1.165, 1.54) is 0 Å². The van der Waals surface area contributed by atoms with E-state index in [9.17, 15) is 9.59 Å². The maximum absolute atomic E-state index is 13.6. The molecule has 1 amide bonds. The Labute approximate surface area is 181 Å². The third-order valence-electron chi connectivity index (χ3n) is 5.05. The van der Waals surface area contributed by atoms with Gasteiger partial charge in [0, 0.05) is 18.7 Å².